The number of hydrogen-bond acceptors (Lipinski definition) is 5. The topological polar surface area (TPSA) is 89.6 Å². The van der Waals surface area contributed by atoms with Crippen LogP contribution in [0.1, 0.15) is 47.0 Å². The van der Waals surface area contributed by atoms with Gasteiger partial charge in [0.15, 0.2) is 6.29 Å². The number of halogens is 1. The molecule has 1 heterocycles. The quantitative estimate of drug-likeness (QED) is 0.343. The van der Waals surface area contributed by atoms with Crippen molar-refractivity contribution in [3.8, 4) is 0 Å². The van der Waals surface area contributed by atoms with Gasteiger partial charge in [-0.05, 0) is 41.0 Å². The minimum Gasteiger partial charge on any atom is -0.481 e. The van der Waals surface area contributed by atoms with Gasteiger partial charge in [0.2, 0.25) is 5.76 Å². The number of hydrogen-bond donors (Lipinski definition) is 1. The van der Waals surface area contributed by atoms with E-state index in [0.717, 1.165) is 5.56 Å². The van der Waals surface area contributed by atoms with Crippen molar-refractivity contribution in [3.05, 3.63) is 50.9 Å². The van der Waals surface area contributed by atoms with Crippen LogP contribution in [0.3, 0.4) is 0 Å². The number of carbonyl (C=O) groups excluding carboxylic acids is 1. The third-order valence-corrected chi connectivity index (χ3v) is 4.64. The van der Waals surface area contributed by atoms with Crippen LogP contribution in [-0.2, 0) is 16.1 Å². The molecule has 1 unspecified atom stereocenters. The lowest BCUT2D eigenvalue weighted by Gasteiger charge is -2.12. The first-order valence-corrected chi connectivity index (χ1v) is 8.63. The first-order chi connectivity index (χ1) is 11.6. The van der Waals surface area contributed by atoms with Crippen molar-refractivity contribution in [2.24, 2.45) is 0 Å². The summed E-state index contributed by atoms with van der Waals surface area (Å²) in [6.45, 7) is 1.06. The number of aldehydes is 1. The average molecular weight is 443 g/mol. The van der Waals surface area contributed by atoms with Gasteiger partial charge in [-0.25, -0.2) is 0 Å². The van der Waals surface area contributed by atoms with Gasteiger partial charge < -0.3 is 14.4 Å². The molecule has 0 radical (unpaired) electrons. The predicted molar refractivity (Wildman–Crippen MR) is 94.9 cm³/mol. The van der Waals surface area contributed by atoms with Crippen molar-refractivity contribution < 1.29 is 24.0 Å². The first-order valence-electron chi connectivity index (χ1n) is 7.55. The fourth-order valence-corrected chi connectivity index (χ4v) is 3.14. The van der Waals surface area contributed by atoms with Crippen molar-refractivity contribution in [1.82, 2.24) is 5.16 Å². The van der Waals surface area contributed by atoms with Crippen LogP contribution in [0.5, 0.6) is 0 Å². The minimum absolute atomic E-state index is 0.0560. The molecule has 2 aromatic rings. The van der Waals surface area contributed by atoms with Gasteiger partial charge >= 0.3 is 5.97 Å². The van der Waals surface area contributed by atoms with Gasteiger partial charge in [-0.3, -0.25) is 9.59 Å². The highest BCUT2D eigenvalue weighted by Gasteiger charge is 2.24. The Morgan fingerprint density at radius 1 is 1.38 bits per heavy atom. The monoisotopic (exact) mass is 443 g/mol. The average Bonchev–Trinajstić information content (AvgIpc) is 2.95. The highest BCUT2D eigenvalue weighted by Crippen LogP contribution is 2.29. The predicted octanol–water partition coefficient (Wildman–Crippen LogP) is 3.65. The van der Waals surface area contributed by atoms with Crippen molar-refractivity contribution in [2.75, 3.05) is 6.61 Å². The molecular weight excluding hydrogens is 425 g/mol. The number of carboxylic acid groups (broad SMARTS) is 1. The smallest absolute Gasteiger partial charge is 0.304 e. The van der Waals surface area contributed by atoms with Gasteiger partial charge in [-0.15, -0.1) is 0 Å². The number of benzene rings is 1. The summed E-state index contributed by atoms with van der Waals surface area (Å²) < 4.78 is 11.1. The molecule has 128 valence electrons. The molecule has 0 aliphatic rings. The lowest BCUT2D eigenvalue weighted by Crippen LogP contribution is -2.09. The van der Waals surface area contributed by atoms with Crippen LogP contribution in [0.4, 0.5) is 0 Å². The number of aromatic nitrogens is 1. The number of carbonyl (C=O) groups is 2. The maximum Gasteiger partial charge on any atom is 0.304 e. The molecule has 7 heteroatoms. The summed E-state index contributed by atoms with van der Waals surface area (Å²) in [7, 11) is 0. The number of rotatable bonds is 10. The molecule has 0 aliphatic heterocycles. The number of nitrogens with zero attached hydrogens (tertiary/aromatic N) is 1. The van der Waals surface area contributed by atoms with Crippen LogP contribution in [0.25, 0.3) is 0 Å². The third-order valence-electron chi connectivity index (χ3n) is 3.55. The Kier molecular flexibility index (Phi) is 7.38. The van der Waals surface area contributed by atoms with E-state index in [-0.39, 0.29) is 18.1 Å². The molecule has 0 spiro atoms. The van der Waals surface area contributed by atoms with Crippen LogP contribution in [0, 0.1) is 3.57 Å². The summed E-state index contributed by atoms with van der Waals surface area (Å²) >= 11 is 1.96. The molecule has 0 saturated heterocycles. The minimum atomic E-state index is -0.906. The Morgan fingerprint density at radius 3 is 2.75 bits per heavy atom. The van der Waals surface area contributed by atoms with E-state index < -0.39 is 5.97 Å². The lowest BCUT2D eigenvalue weighted by molar-refractivity contribution is -0.137. The molecule has 24 heavy (non-hydrogen) atoms. The molecule has 0 fully saturated rings. The second kappa shape index (κ2) is 9.53. The Hall–Kier alpha value is -1.74. The van der Waals surface area contributed by atoms with Crippen molar-refractivity contribution in [3.63, 3.8) is 0 Å². The molecule has 0 aliphatic carbocycles. The van der Waals surface area contributed by atoms with Crippen LogP contribution >= 0.6 is 22.6 Å². The SMILES string of the molecule is O=Cc1onc(C(CCCOCc2ccccc2)CC(=O)O)c1I. The fraction of sp³-hybridized carbons (Fsp3) is 0.353. The molecule has 2 rings (SSSR count). The standard InChI is InChI=1S/C17H18INO5/c18-16-14(10-20)24-19-17(16)13(9-15(21)22)7-4-8-23-11-12-5-2-1-3-6-12/h1-3,5-6,10,13H,4,7-9,11H2,(H,21,22). The number of aliphatic carboxylic acids is 1. The van der Waals surface area contributed by atoms with E-state index >= 15 is 0 Å². The highest BCUT2D eigenvalue weighted by atomic mass is 127. The Morgan fingerprint density at radius 2 is 2.12 bits per heavy atom. The number of carboxylic acids is 1. The molecule has 1 atom stereocenters. The Labute approximate surface area is 153 Å². The number of ether oxygens (including phenoxy) is 1. The second-order valence-corrected chi connectivity index (χ2v) is 6.42. The Balaban J connectivity index is 1.86. The van der Waals surface area contributed by atoms with E-state index in [1.807, 2.05) is 52.9 Å². The van der Waals surface area contributed by atoms with Crippen molar-refractivity contribution >= 4 is 34.8 Å². The molecule has 1 aromatic heterocycles. The van der Waals surface area contributed by atoms with Crippen molar-refractivity contribution in [1.29, 1.82) is 0 Å². The van der Waals surface area contributed by atoms with Gasteiger partial charge in [0, 0.05) is 12.5 Å². The molecule has 6 nitrogen and oxygen atoms in total. The fourth-order valence-electron chi connectivity index (χ4n) is 2.37. The molecule has 1 aromatic carbocycles. The van der Waals surface area contributed by atoms with Gasteiger partial charge in [-0.1, -0.05) is 35.5 Å². The van der Waals surface area contributed by atoms with Gasteiger partial charge in [0.1, 0.15) is 5.69 Å². The van der Waals surface area contributed by atoms with Crippen molar-refractivity contribution in [2.45, 2.75) is 31.8 Å². The van der Waals surface area contributed by atoms with Crippen LogP contribution in [-0.4, -0.2) is 29.1 Å². The van der Waals surface area contributed by atoms with Crippen LogP contribution in [0.2, 0.25) is 0 Å². The maximum atomic E-state index is 11.1. The summed E-state index contributed by atoms with van der Waals surface area (Å²) in [5.74, 6) is -1.06. The molecule has 0 saturated carbocycles. The summed E-state index contributed by atoms with van der Waals surface area (Å²) in [6, 6.07) is 9.85. The second-order valence-electron chi connectivity index (χ2n) is 5.34. The van der Waals surface area contributed by atoms with Gasteiger partial charge in [0.25, 0.3) is 0 Å². The maximum absolute atomic E-state index is 11.1. The normalized spacial score (nSPS) is 12.0. The zero-order valence-electron chi connectivity index (χ0n) is 13.0. The summed E-state index contributed by atoms with van der Waals surface area (Å²) in [5.41, 5.74) is 1.63. The Bertz CT molecular complexity index is 671. The van der Waals surface area contributed by atoms with Gasteiger partial charge in [0.05, 0.1) is 16.6 Å². The summed E-state index contributed by atoms with van der Waals surface area (Å²) in [4.78, 5) is 21.9. The molecule has 1 N–H and O–H groups in total. The van der Waals surface area contributed by atoms with E-state index in [0.29, 0.717) is 41.6 Å². The summed E-state index contributed by atoms with van der Waals surface area (Å²) in [6.07, 6.45) is 1.82. The van der Waals surface area contributed by atoms with E-state index in [2.05, 4.69) is 5.16 Å². The van der Waals surface area contributed by atoms with Crippen LogP contribution in [0.15, 0.2) is 34.9 Å². The zero-order valence-corrected chi connectivity index (χ0v) is 15.1. The highest BCUT2D eigenvalue weighted by molar-refractivity contribution is 14.1. The molecule has 0 bridgehead atoms. The third kappa shape index (κ3) is 5.41. The molecule has 0 amide bonds. The summed E-state index contributed by atoms with van der Waals surface area (Å²) in [5, 5.41) is 13.0. The first kappa shape index (κ1) is 18.6. The van der Waals surface area contributed by atoms with E-state index in [9.17, 15) is 9.59 Å². The van der Waals surface area contributed by atoms with E-state index in [1.54, 1.807) is 0 Å². The zero-order chi connectivity index (χ0) is 17.4. The van der Waals surface area contributed by atoms with E-state index in [4.69, 9.17) is 14.4 Å². The van der Waals surface area contributed by atoms with E-state index in [1.165, 1.54) is 0 Å². The van der Waals surface area contributed by atoms with Crippen LogP contribution < -0.4 is 0 Å². The van der Waals surface area contributed by atoms with Gasteiger partial charge in [-0.2, -0.15) is 0 Å². The lowest BCUT2D eigenvalue weighted by atomic mass is 9.96. The molecular formula is C17H18INO5. The largest absolute Gasteiger partial charge is 0.481 e.